The van der Waals surface area contributed by atoms with E-state index < -0.39 is 5.97 Å². The number of aromatic carboxylic acids is 1. The molecule has 1 N–H and O–H groups in total. The molecule has 0 saturated heterocycles. The molecule has 32 heavy (non-hydrogen) atoms. The number of rotatable bonds is 5. The van der Waals surface area contributed by atoms with E-state index in [9.17, 15) is 9.90 Å². The Kier molecular flexibility index (Phi) is 4.66. The number of nitrogens with zero attached hydrogens (tertiary/aromatic N) is 4. The van der Waals surface area contributed by atoms with Crippen molar-refractivity contribution < 1.29 is 14.6 Å². The Morgan fingerprint density at radius 3 is 2.59 bits per heavy atom. The number of ether oxygens (including phenoxy) is 1. The van der Waals surface area contributed by atoms with Crippen LogP contribution < -0.4 is 9.64 Å². The molecule has 0 saturated carbocycles. The van der Waals surface area contributed by atoms with Crippen LogP contribution in [0, 0.1) is 0 Å². The number of allylic oxidation sites excluding steroid dienone is 1. The van der Waals surface area contributed by atoms with Crippen LogP contribution in [0.25, 0.3) is 22.6 Å². The largest absolute Gasteiger partial charge is 0.497 e. The first-order valence-electron chi connectivity index (χ1n) is 10.2. The van der Waals surface area contributed by atoms with Gasteiger partial charge in [-0.05, 0) is 65.7 Å². The Morgan fingerprint density at radius 2 is 1.88 bits per heavy atom. The maximum Gasteiger partial charge on any atom is 0.336 e. The lowest BCUT2D eigenvalue weighted by molar-refractivity contribution is 0.0695. The van der Waals surface area contributed by atoms with Crippen molar-refractivity contribution in [2.75, 3.05) is 19.1 Å². The molecule has 1 aliphatic rings. The predicted octanol–water partition coefficient (Wildman–Crippen LogP) is 4.54. The van der Waals surface area contributed by atoms with Crippen molar-refractivity contribution >= 4 is 39.9 Å². The average molecular weight is 426 g/mol. The van der Waals surface area contributed by atoms with Crippen molar-refractivity contribution in [2.45, 2.75) is 6.42 Å². The van der Waals surface area contributed by atoms with Gasteiger partial charge in [0.25, 0.3) is 0 Å². The number of hydrogen-bond donors (Lipinski definition) is 1. The van der Waals surface area contributed by atoms with Crippen molar-refractivity contribution in [2.24, 2.45) is 7.05 Å². The van der Waals surface area contributed by atoms with E-state index in [0.717, 1.165) is 44.9 Å². The molecule has 0 atom stereocenters. The Hall–Kier alpha value is -4.13. The van der Waals surface area contributed by atoms with Crippen molar-refractivity contribution in [3.05, 3.63) is 77.2 Å². The summed E-state index contributed by atoms with van der Waals surface area (Å²) in [6, 6.07) is 15.7. The zero-order valence-electron chi connectivity index (χ0n) is 18.0. The van der Waals surface area contributed by atoms with Gasteiger partial charge in [0.05, 0.1) is 29.6 Å². The summed E-state index contributed by atoms with van der Waals surface area (Å²) in [7, 11) is 5.60. The smallest absolute Gasteiger partial charge is 0.336 e. The standard InChI is InChI=1S/C25H22N4O3/c1-28(16-4-7-18(32-3)8-5-16)17-6-9-20-23(14-17)29(2)27-24(20)15-12-21-19(25(30)31)10-11-26-22(21)13-15/h4-11,13-14H,12H2,1-3H3,(H,30,31). The van der Waals surface area contributed by atoms with E-state index in [2.05, 4.69) is 28.1 Å². The molecule has 0 radical (unpaired) electrons. The molecule has 4 aromatic rings. The monoisotopic (exact) mass is 426 g/mol. The van der Waals surface area contributed by atoms with Crippen molar-refractivity contribution in [3.8, 4) is 5.75 Å². The number of fused-ring (bicyclic) bond motifs is 2. The third-order valence-corrected chi connectivity index (χ3v) is 5.98. The van der Waals surface area contributed by atoms with E-state index in [1.54, 1.807) is 19.4 Å². The third kappa shape index (κ3) is 3.19. The summed E-state index contributed by atoms with van der Waals surface area (Å²) >= 11 is 0. The first-order chi connectivity index (χ1) is 15.5. The average Bonchev–Trinajstić information content (AvgIpc) is 3.39. The number of carbonyl (C=O) groups is 1. The van der Waals surface area contributed by atoms with Crippen LogP contribution in [0.3, 0.4) is 0 Å². The lowest BCUT2D eigenvalue weighted by atomic mass is 10.0. The number of aromatic nitrogens is 3. The fourth-order valence-corrected chi connectivity index (χ4v) is 4.22. The number of anilines is 2. The molecule has 0 amide bonds. The van der Waals surface area contributed by atoms with Gasteiger partial charge >= 0.3 is 5.97 Å². The van der Waals surface area contributed by atoms with E-state index in [1.165, 1.54) is 0 Å². The zero-order chi connectivity index (χ0) is 22.4. The minimum atomic E-state index is -0.935. The highest BCUT2D eigenvalue weighted by Gasteiger charge is 2.24. The number of carboxylic acids is 1. The van der Waals surface area contributed by atoms with E-state index in [-0.39, 0.29) is 0 Å². The second kappa shape index (κ2) is 7.53. The third-order valence-electron chi connectivity index (χ3n) is 5.98. The van der Waals surface area contributed by atoms with Gasteiger partial charge in [0.15, 0.2) is 0 Å². The van der Waals surface area contributed by atoms with Crippen LogP contribution in [-0.2, 0) is 13.5 Å². The van der Waals surface area contributed by atoms with Crippen LogP contribution >= 0.6 is 0 Å². The van der Waals surface area contributed by atoms with Crippen LogP contribution in [-0.4, -0.2) is 40.0 Å². The first-order valence-corrected chi connectivity index (χ1v) is 10.2. The van der Waals surface area contributed by atoms with Gasteiger partial charge in [-0.3, -0.25) is 9.67 Å². The molecule has 160 valence electrons. The Bertz CT molecular complexity index is 1390. The van der Waals surface area contributed by atoms with Crippen LogP contribution in [0.15, 0.2) is 54.7 Å². The summed E-state index contributed by atoms with van der Waals surface area (Å²) in [5.74, 6) is -0.115. The molecular formula is C25H22N4O3. The van der Waals surface area contributed by atoms with Crippen LogP contribution in [0.5, 0.6) is 5.75 Å². The molecule has 0 bridgehead atoms. The molecule has 7 nitrogen and oxygen atoms in total. The number of aryl methyl sites for hydroxylation is 1. The van der Waals surface area contributed by atoms with E-state index in [0.29, 0.717) is 17.7 Å². The summed E-state index contributed by atoms with van der Waals surface area (Å²) in [5.41, 5.74) is 6.66. The van der Waals surface area contributed by atoms with Crippen LogP contribution in [0.2, 0.25) is 0 Å². The maximum absolute atomic E-state index is 11.6. The van der Waals surface area contributed by atoms with Gasteiger partial charge in [0.1, 0.15) is 5.75 Å². The van der Waals surface area contributed by atoms with Gasteiger partial charge in [-0.25, -0.2) is 4.79 Å². The minimum Gasteiger partial charge on any atom is -0.497 e. The number of benzene rings is 2. The fourth-order valence-electron chi connectivity index (χ4n) is 4.22. The maximum atomic E-state index is 11.6. The van der Waals surface area contributed by atoms with E-state index in [4.69, 9.17) is 9.84 Å². The highest BCUT2D eigenvalue weighted by Crippen LogP contribution is 2.36. The topological polar surface area (TPSA) is 80.5 Å². The summed E-state index contributed by atoms with van der Waals surface area (Å²) in [6.07, 6.45) is 3.99. The summed E-state index contributed by atoms with van der Waals surface area (Å²) < 4.78 is 7.12. The lowest BCUT2D eigenvalue weighted by Gasteiger charge is -2.20. The van der Waals surface area contributed by atoms with Crippen LogP contribution in [0.4, 0.5) is 11.4 Å². The first kappa shape index (κ1) is 19.8. The second-order valence-electron chi connectivity index (χ2n) is 7.80. The number of pyridine rings is 1. The molecular weight excluding hydrogens is 404 g/mol. The van der Waals surface area contributed by atoms with Gasteiger partial charge in [-0.2, -0.15) is 5.10 Å². The van der Waals surface area contributed by atoms with E-state index in [1.807, 2.05) is 49.1 Å². The highest BCUT2D eigenvalue weighted by atomic mass is 16.5. The lowest BCUT2D eigenvalue weighted by Crippen LogP contribution is -2.09. The number of methoxy groups -OCH3 is 1. The van der Waals surface area contributed by atoms with Gasteiger partial charge in [-0.1, -0.05) is 0 Å². The van der Waals surface area contributed by atoms with Gasteiger partial charge in [0.2, 0.25) is 0 Å². The Labute approximate surface area is 185 Å². The Balaban J connectivity index is 1.51. The molecule has 7 heteroatoms. The predicted molar refractivity (Wildman–Crippen MR) is 125 cm³/mol. The molecule has 2 heterocycles. The summed E-state index contributed by atoms with van der Waals surface area (Å²) in [4.78, 5) is 18.1. The summed E-state index contributed by atoms with van der Waals surface area (Å²) in [6.45, 7) is 0. The van der Waals surface area contributed by atoms with Gasteiger partial charge < -0.3 is 14.7 Å². The quantitative estimate of drug-likeness (QED) is 0.505. The van der Waals surface area contributed by atoms with Gasteiger partial charge in [-0.15, -0.1) is 0 Å². The van der Waals surface area contributed by atoms with E-state index >= 15 is 0 Å². The van der Waals surface area contributed by atoms with Crippen molar-refractivity contribution in [1.82, 2.24) is 14.8 Å². The molecule has 2 aromatic heterocycles. The molecule has 0 aliphatic heterocycles. The molecule has 0 unspecified atom stereocenters. The number of carboxylic acid groups (broad SMARTS) is 1. The normalized spacial score (nSPS) is 12.5. The second-order valence-corrected chi connectivity index (χ2v) is 7.80. The molecule has 2 aromatic carbocycles. The Morgan fingerprint density at radius 1 is 1.12 bits per heavy atom. The summed E-state index contributed by atoms with van der Waals surface area (Å²) in [5, 5.41) is 15.3. The van der Waals surface area contributed by atoms with Gasteiger partial charge in [0, 0.05) is 43.5 Å². The molecule has 1 aliphatic carbocycles. The minimum absolute atomic E-state index is 0.296. The number of hydrogen-bond acceptors (Lipinski definition) is 5. The van der Waals surface area contributed by atoms with Crippen molar-refractivity contribution in [3.63, 3.8) is 0 Å². The molecule has 0 spiro atoms. The highest BCUT2D eigenvalue weighted by molar-refractivity contribution is 6.01. The van der Waals surface area contributed by atoms with Crippen LogP contribution in [0.1, 0.15) is 27.3 Å². The fraction of sp³-hybridized carbons (Fsp3) is 0.160. The SMILES string of the molecule is COc1ccc(N(C)c2ccc3c(C4=Cc5nccc(C(=O)O)c5C4)nn(C)c3c2)cc1. The molecule has 0 fully saturated rings. The molecule has 5 rings (SSSR count). The van der Waals surface area contributed by atoms with Crippen molar-refractivity contribution in [1.29, 1.82) is 0 Å². The zero-order valence-corrected chi connectivity index (χ0v) is 18.0.